The lowest BCUT2D eigenvalue weighted by Crippen LogP contribution is -2.31. The Morgan fingerprint density at radius 2 is 1.71 bits per heavy atom. The van der Waals surface area contributed by atoms with Gasteiger partial charge in [-0.25, -0.2) is 4.90 Å². The van der Waals surface area contributed by atoms with Gasteiger partial charge in [0.25, 0.3) is 11.8 Å². The van der Waals surface area contributed by atoms with E-state index in [1.165, 1.54) is 11.8 Å². The van der Waals surface area contributed by atoms with Gasteiger partial charge in [0.05, 0.1) is 33.2 Å². The molecule has 2 amide bonds. The SMILES string of the molecule is Cc1ccc(C2=C(SCc3ccco3)C(=O)N(c3ccccc3Cl)C2=O)cc1. The minimum absolute atomic E-state index is 0.352. The average Bonchev–Trinajstić information content (AvgIpc) is 3.28. The van der Waals surface area contributed by atoms with E-state index >= 15 is 0 Å². The van der Waals surface area contributed by atoms with E-state index in [1.807, 2.05) is 37.3 Å². The molecule has 1 aromatic heterocycles. The maximum Gasteiger partial charge on any atom is 0.272 e. The van der Waals surface area contributed by atoms with Crippen molar-refractivity contribution in [1.82, 2.24) is 0 Å². The second-order valence-corrected chi connectivity index (χ2v) is 7.73. The zero-order valence-electron chi connectivity index (χ0n) is 15.0. The normalized spacial score (nSPS) is 14.3. The average molecular weight is 410 g/mol. The first-order valence-corrected chi connectivity index (χ1v) is 10.0. The number of benzene rings is 2. The van der Waals surface area contributed by atoms with Crippen LogP contribution in [-0.2, 0) is 15.3 Å². The van der Waals surface area contributed by atoms with Gasteiger partial charge in [0.15, 0.2) is 0 Å². The van der Waals surface area contributed by atoms with Crippen LogP contribution in [-0.4, -0.2) is 11.8 Å². The van der Waals surface area contributed by atoms with E-state index in [-0.39, 0.29) is 11.8 Å². The van der Waals surface area contributed by atoms with Gasteiger partial charge in [-0.15, -0.1) is 11.8 Å². The lowest BCUT2D eigenvalue weighted by molar-refractivity contribution is -0.119. The van der Waals surface area contributed by atoms with Gasteiger partial charge in [0, 0.05) is 0 Å². The molecule has 2 heterocycles. The van der Waals surface area contributed by atoms with Crippen LogP contribution in [0.5, 0.6) is 0 Å². The lowest BCUT2D eigenvalue weighted by atomic mass is 10.0. The molecular formula is C22H16ClNO3S. The van der Waals surface area contributed by atoms with Crippen LogP contribution in [0.3, 0.4) is 0 Å². The highest BCUT2D eigenvalue weighted by Crippen LogP contribution is 2.41. The molecule has 0 spiro atoms. The van der Waals surface area contributed by atoms with Crippen LogP contribution in [0.1, 0.15) is 16.9 Å². The molecule has 0 radical (unpaired) electrons. The van der Waals surface area contributed by atoms with Crippen molar-refractivity contribution < 1.29 is 14.0 Å². The van der Waals surface area contributed by atoms with E-state index in [9.17, 15) is 9.59 Å². The van der Waals surface area contributed by atoms with Crippen LogP contribution in [0.4, 0.5) is 5.69 Å². The molecule has 3 aromatic rings. The van der Waals surface area contributed by atoms with E-state index in [0.29, 0.717) is 32.5 Å². The fourth-order valence-electron chi connectivity index (χ4n) is 3.01. The van der Waals surface area contributed by atoms with Crippen LogP contribution in [0.2, 0.25) is 5.02 Å². The van der Waals surface area contributed by atoms with Crippen LogP contribution in [0.25, 0.3) is 5.57 Å². The molecule has 0 unspecified atom stereocenters. The predicted octanol–water partition coefficient (Wildman–Crippen LogP) is 5.46. The quantitative estimate of drug-likeness (QED) is 0.525. The van der Waals surface area contributed by atoms with E-state index in [2.05, 4.69) is 0 Å². The number of halogens is 1. The van der Waals surface area contributed by atoms with Crippen molar-refractivity contribution in [2.45, 2.75) is 12.7 Å². The van der Waals surface area contributed by atoms with Crippen molar-refractivity contribution in [2.24, 2.45) is 0 Å². The van der Waals surface area contributed by atoms with Crippen LogP contribution in [0.15, 0.2) is 76.2 Å². The molecule has 0 aliphatic carbocycles. The molecule has 2 aromatic carbocycles. The van der Waals surface area contributed by atoms with Gasteiger partial charge in [-0.2, -0.15) is 0 Å². The third-order valence-corrected chi connectivity index (χ3v) is 5.83. The van der Waals surface area contributed by atoms with Gasteiger partial charge in [0.2, 0.25) is 0 Å². The third-order valence-electron chi connectivity index (χ3n) is 4.41. The Kier molecular flexibility index (Phi) is 5.11. The number of hydrogen-bond donors (Lipinski definition) is 0. The Hall–Kier alpha value is -2.76. The first-order valence-electron chi connectivity index (χ1n) is 8.66. The van der Waals surface area contributed by atoms with E-state index in [0.717, 1.165) is 16.2 Å². The highest BCUT2D eigenvalue weighted by atomic mass is 35.5. The molecule has 28 heavy (non-hydrogen) atoms. The Bertz CT molecular complexity index is 1070. The first-order chi connectivity index (χ1) is 13.6. The zero-order valence-corrected chi connectivity index (χ0v) is 16.6. The Morgan fingerprint density at radius 1 is 0.964 bits per heavy atom. The van der Waals surface area contributed by atoms with Gasteiger partial charge >= 0.3 is 0 Å². The topological polar surface area (TPSA) is 50.5 Å². The summed E-state index contributed by atoms with van der Waals surface area (Å²) in [5.41, 5.74) is 2.56. The standard InChI is InChI=1S/C22H16ClNO3S/c1-14-8-10-15(11-9-14)19-20(28-13-16-5-4-12-27-16)22(26)24(21(19)25)18-7-3-2-6-17(18)23/h2-12H,13H2,1H3. The zero-order chi connectivity index (χ0) is 19.7. The highest BCUT2D eigenvalue weighted by Gasteiger charge is 2.40. The van der Waals surface area contributed by atoms with E-state index in [1.54, 1.807) is 36.6 Å². The molecule has 0 N–H and O–H groups in total. The number of thioether (sulfide) groups is 1. The summed E-state index contributed by atoms with van der Waals surface area (Å²) in [5, 5.41) is 0.352. The molecular weight excluding hydrogens is 394 g/mol. The Balaban J connectivity index is 1.77. The van der Waals surface area contributed by atoms with Crippen LogP contribution < -0.4 is 4.90 Å². The molecule has 0 bridgehead atoms. The fourth-order valence-corrected chi connectivity index (χ4v) is 4.24. The molecule has 4 rings (SSSR count). The van der Waals surface area contributed by atoms with Gasteiger partial charge in [-0.3, -0.25) is 9.59 Å². The number of aryl methyl sites for hydroxylation is 1. The largest absolute Gasteiger partial charge is 0.468 e. The summed E-state index contributed by atoms with van der Waals surface area (Å²) in [7, 11) is 0. The van der Waals surface area contributed by atoms with Gasteiger partial charge < -0.3 is 4.42 Å². The van der Waals surface area contributed by atoms with Crippen molar-refractivity contribution in [3.05, 3.63) is 93.7 Å². The van der Waals surface area contributed by atoms with E-state index in [4.69, 9.17) is 16.0 Å². The summed E-state index contributed by atoms with van der Waals surface area (Å²) in [6.07, 6.45) is 1.59. The lowest BCUT2D eigenvalue weighted by Gasteiger charge is -2.16. The smallest absolute Gasteiger partial charge is 0.272 e. The minimum Gasteiger partial charge on any atom is -0.468 e. The number of hydrogen-bond acceptors (Lipinski definition) is 4. The maximum atomic E-state index is 13.3. The summed E-state index contributed by atoms with van der Waals surface area (Å²) in [6, 6.07) is 18.1. The molecule has 1 aliphatic rings. The third kappa shape index (κ3) is 3.39. The van der Waals surface area contributed by atoms with Crippen LogP contribution >= 0.6 is 23.4 Å². The van der Waals surface area contributed by atoms with Gasteiger partial charge in [-0.05, 0) is 36.8 Å². The molecule has 0 atom stereocenters. The first kappa shape index (κ1) is 18.6. The molecule has 0 saturated heterocycles. The molecule has 6 heteroatoms. The number of amides is 2. The predicted molar refractivity (Wildman–Crippen MR) is 112 cm³/mol. The monoisotopic (exact) mass is 409 g/mol. The van der Waals surface area contributed by atoms with Crippen LogP contribution in [0, 0.1) is 6.92 Å². The molecule has 0 saturated carbocycles. The number of rotatable bonds is 5. The van der Waals surface area contributed by atoms with Crippen molar-refractivity contribution in [3.63, 3.8) is 0 Å². The summed E-state index contributed by atoms with van der Waals surface area (Å²) in [5.74, 6) is 0.443. The van der Waals surface area contributed by atoms with Crippen molar-refractivity contribution in [3.8, 4) is 0 Å². The number of para-hydroxylation sites is 1. The van der Waals surface area contributed by atoms with Crippen molar-refractivity contribution >= 4 is 46.4 Å². The van der Waals surface area contributed by atoms with Gasteiger partial charge in [-0.1, -0.05) is 53.6 Å². The molecule has 0 fully saturated rings. The number of anilines is 1. The van der Waals surface area contributed by atoms with Crippen molar-refractivity contribution in [2.75, 3.05) is 4.90 Å². The number of nitrogens with zero attached hydrogens (tertiary/aromatic N) is 1. The number of furan rings is 1. The minimum atomic E-state index is -0.371. The number of carbonyl (C=O) groups is 2. The maximum absolute atomic E-state index is 13.3. The second kappa shape index (κ2) is 7.70. The van der Waals surface area contributed by atoms with E-state index < -0.39 is 0 Å². The highest BCUT2D eigenvalue weighted by molar-refractivity contribution is 8.03. The summed E-state index contributed by atoms with van der Waals surface area (Å²) in [6.45, 7) is 1.97. The van der Waals surface area contributed by atoms with Crippen molar-refractivity contribution in [1.29, 1.82) is 0 Å². The fraction of sp³-hybridized carbons (Fsp3) is 0.0909. The summed E-state index contributed by atoms with van der Waals surface area (Å²) >= 11 is 7.56. The number of carbonyl (C=O) groups excluding carboxylic acids is 2. The molecule has 1 aliphatic heterocycles. The Morgan fingerprint density at radius 3 is 2.39 bits per heavy atom. The van der Waals surface area contributed by atoms with Gasteiger partial charge in [0.1, 0.15) is 5.76 Å². The summed E-state index contributed by atoms with van der Waals surface area (Å²) in [4.78, 5) is 28.0. The summed E-state index contributed by atoms with van der Waals surface area (Å²) < 4.78 is 5.37. The second-order valence-electron chi connectivity index (χ2n) is 6.34. The number of imide groups is 1. The Labute approximate surface area is 171 Å². The molecule has 140 valence electrons. The molecule has 4 nitrogen and oxygen atoms in total.